The topological polar surface area (TPSA) is 71.5 Å². The van der Waals surface area contributed by atoms with Gasteiger partial charge in [0.2, 0.25) is 0 Å². The number of nitrogens with one attached hydrogen (secondary N) is 1. The number of nitrogens with zero attached hydrogens (tertiary/aromatic N) is 2. The number of likely N-dealkylation sites (tertiary alicyclic amines) is 1. The summed E-state index contributed by atoms with van der Waals surface area (Å²) in [6.07, 6.45) is 1.85. The lowest BCUT2D eigenvalue weighted by Gasteiger charge is -2.32. The first-order valence-electron chi connectivity index (χ1n) is 9.47. The lowest BCUT2D eigenvalue weighted by Crippen LogP contribution is -2.40. The molecule has 0 saturated carbocycles. The Hall–Kier alpha value is -2.15. The van der Waals surface area contributed by atoms with Crippen molar-refractivity contribution < 1.29 is 14.3 Å². The summed E-state index contributed by atoms with van der Waals surface area (Å²) in [4.78, 5) is 30.4. The van der Waals surface area contributed by atoms with E-state index in [9.17, 15) is 9.59 Å². The molecule has 1 N–H and O–H groups in total. The van der Waals surface area contributed by atoms with Gasteiger partial charge >= 0.3 is 5.97 Å². The van der Waals surface area contributed by atoms with Gasteiger partial charge in [-0.05, 0) is 55.6 Å². The van der Waals surface area contributed by atoms with E-state index >= 15 is 0 Å². The Morgan fingerprint density at radius 2 is 1.93 bits per heavy atom. The maximum atomic E-state index is 12.6. The van der Waals surface area contributed by atoms with E-state index in [4.69, 9.17) is 27.9 Å². The summed E-state index contributed by atoms with van der Waals surface area (Å²) in [6.45, 7) is 2.83. The van der Waals surface area contributed by atoms with Gasteiger partial charge in [-0.15, -0.1) is 0 Å². The zero-order valence-electron chi connectivity index (χ0n) is 16.2. The maximum absolute atomic E-state index is 12.6. The Kier molecular flexibility index (Phi) is 7.47. The third kappa shape index (κ3) is 5.69. The van der Waals surface area contributed by atoms with Crippen molar-refractivity contribution in [3.63, 3.8) is 0 Å². The third-order valence-electron chi connectivity index (χ3n) is 5.01. The molecular weight excluding hydrogens is 413 g/mol. The number of pyridine rings is 1. The van der Waals surface area contributed by atoms with E-state index in [0.717, 1.165) is 25.1 Å². The van der Waals surface area contributed by atoms with E-state index in [1.165, 1.54) is 7.11 Å². The number of esters is 1. The molecule has 1 saturated heterocycles. The van der Waals surface area contributed by atoms with Crippen LogP contribution < -0.4 is 5.32 Å². The maximum Gasteiger partial charge on any atom is 0.356 e. The molecule has 2 heterocycles. The molecule has 0 aliphatic carbocycles. The molecule has 0 unspecified atom stereocenters. The number of hydrogen-bond acceptors (Lipinski definition) is 5. The van der Waals surface area contributed by atoms with Gasteiger partial charge in [0.1, 0.15) is 5.69 Å². The number of amides is 1. The quantitative estimate of drug-likeness (QED) is 0.698. The van der Waals surface area contributed by atoms with Crippen molar-refractivity contribution in [2.45, 2.75) is 19.4 Å². The SMILES string of the molecule is COC(=O)c1cccc(CNCC2CCN(C(=O)c3ccc(Cl)c(Cl)c3)CC2)n1. The Labute approximate surface area is 180 Å². The normalized spacial score (nSPS) is 14.7. The average molecular weight is 436 g/mol. The monoisotopic (exact) mass is 435 g/mol. The molecule has 0 atom stereocenters. The zero-order valence-corrected chi connectivity index (χ0v) is 17.7. The minimum Gasteiger partial charge on any atom is -0.464 e. The van der Waals surface area contributed by atoms with Crippen LogP contribution >= 0.6 is 23.2 Å². The first-order valence-corrected chi connectivity index (χ1v) is 10.2. The zero-order chi connectivity index (χ0) is 20.8. The van der Waals surface area contributed by atoms with E-state index in [0.29, 0.717) is 46.9 Å². The van der Waals surface area contributed by atoms with Crippen LogP contribution in [-0.4, -0.2) is 48.5 Å². The molecule has 1 aliphatic rings. The molecular formula is C21H23Cl2N3O3. The minimum absolute atomic E-state index is 0.0150. The van der Waals surface area contributed by atoms with E-state index in [1.807, 2.05) is 11.0 Å². The molecule has 8 heteroatoms. The number of aromatic nitrogens is 1. The Balaban J connectivity index is 1.45. The summed E-state index contributed by atoms with van der Waals surface area (Å²) in [5.74, 6) is 0.0290. The molecule has 0 bridgehead atoms. The predicted molar refractivity (Wildman–Crippen MR) is 112 cm³/mol. The van der Waals surface area contributed by atoms with Crippen LogP contribution in [0.4, 0.5) is 0 Å². The number of methoxy groups -OCH3 is 1. The van der Waals surface area contributed by atoms with Crippen LogP contribution in [0.2, 0.25) is 10.0 Å². The average Bonchev–Trinajstić information content (AvgIpc) is 2.75. The molecule has 1 aromatic carbocycles. The molecule has 1 fully saturated rings. The Bertz CT molecular complexity index is 883. The molecule has 3 rings (SSSR count). The number of hydrogen-bond donors (Lipinski definition) is 1. The highest BCUT2D eigenvalue weighted by atomic mass is 35.5. The second-order valence-electron chi connectivity index (χ2n) is 7.00. The molecule has 0 spiro atoms. The fourth-order valence-electron chi connectivity index (χ4n) is 3.35. The number of ether oxygens (including phenoxy) is 1. The summed E-state index contributed by atoms with van der Waals surface area (Å²) in [6, 6.07) is 10.3. The van der Waals surface area contributed by atoms with Crippen LogP contribution in [0.5, 0.6) is 0 Å². The van der Waals surface area contributed by atoms with Crippen molar-refractivity contribution in [3.05, 3.63) is 63.4 Å². The standard InChI is InChI=1S/C21H23Cl2N3O3/c1-29-21(28)19-4-2-3-16(25-19)13-24-12-14-7-9-26(10-8-14)20(27)15-5-6-17(22)18(23)11-15/h2-6,11,14,24H,7-10,12-13H2,1H3. The largest absolute Gasteiger partial charge is 0.464 e. The molecule has 6 nitrogen and oxygen atoms in total. The van der Waals surface area contributed by atoms with Crippen molar-refractivity contribution in [1.29, 1.82) is 0 Å². The number of carbonyl (C=O) groups excluding carboxylic acids is 2. The van der Waals surface area contributed by atoms with Crippen molar-refractivity contribution in [3.8, 4) is 0 Å². The fraction of sp³-hybridized carbons (Fsp3) is 0.381. The highest BCUT2D eigenvalue weighted by Gasteiger charge is 2.23. The number of piperidine rings is 1. The van der Waals surface area contributed by atoms with Crippen LogP contribution in [0.1, 0.15) is 39.4 Å². The lowest BCUT2D eigenvalue weighted by atomic mass is 9.96. The van der Waals surface area contributed by atoms with Crippen molar-refractivity contribution in [1.82, 2.24) is 15.2 Å². The van der Waals surface area contributed by atoms with Crippen molar-refractivity contribution >= 4 is 35.1 Å². The van der Waals surface area contributed by atoms with Gasteiger partial charge in [-0.25, -0.2) is 9.78 Å². The smallest absolute Gasteiger partial charge is 0.356 e. The molecule has 0 radical (unpaired) electrons. The number of halogens is 2. The van der Waals surface area contributed by atoms with Gasteiger partial charge in [0.05, 0.1) is 22.8 Å². The van der Waals surface area contributed by atoms with E-state index in [-0.39, 0.29) is 5.91 Å². The van der Waals surface area contributed by atoms with Crippen LogP contribution in [-0.2, 0) is 11.3 Å². The highest BCUT2D eigenvalue weighted by molar-refractivity contribution is 6.42. The summed E-state index contributed by atoms with van der Waals surface area (Å²) in [5, 5.41) is 4.23. The lowest BCUT2D eigenvalue weighted by molar-refractivity contribution is 0.0593. The summed E-state index contributed by atoms with van der Waals surface area (Å²) < 4.78 is 4.70. The van der Waals surface area contributed by atoms with Crippen LogP contribution in [0, 0.1) is 5.92 Å². The van der Waals surface area contributed by atoms with E-state index in [1.54, 1.807) is 30.3 Å². The van der Waals surface area contributed by atoms with Crippen molar-refractivity contribution in [2.24, 2.45) is 5.92 Å². The molecule has 154 valence electrons. The highest BCUT2D eigenvalue weighted by Crippen LogP contribution is 2.24. The van der Waals surface area contributed by atoms with E-state index in [2.05, 4.69) is 10.3 Å². The Morgan fingerprint density at radius 1 is 1.17 bits per heavy atom. The van der Waals surface area contributed by atoms with Crippen LogP contribution in [0.3, 0.4) is 0 Å². The number of carbonyl (C=O) groups is 2. The number of rotatable bonds is 6. The van der Waals surface area contributed by atoms with Gasteiger partial charge < -0.3 is 15.0 Å². The third-order valence-corrected chi connectivity index (χ3v) is 5.75. The first kappa shape index (κ1) is 21.6. The molecule has 29 heavy (non-hydrogen) atoms. The van der Waals surface area contributed by atoms with Gasteiger partial charge in [0.25, 0.3) is 5.91 Å². The molecule has 1 amide bonds. The Morgan fingerprint density at radius 3 is 2.62 bits per heavy atom. The fourth-order valence-corrected chi connectivity index (χ4v) is 3.65. The van der Waals surface area contributed by atoms with Crippen LogP contribution in [0.15, 0.2) is 36.4 Å². The molecule has 1 aromatic heterocycles. The summed E-state index contributed by atoms with van der Waals surface area (Å²) in [5.41, 5.74) is 1.66. The van der Waals surface area contributed by atoms with Gasteiger partial charge in [-0.3, -0.25) is 4.79 Å². The second-order valence-corrected chi connectivity index (χ2v) is 7.82. The van der Waals surface area contributed by atoms with E-state index < -0.39 is 5.97 Å². The molecule has 1 aliphatic heterocycles. The second kappa shape index (κ2) is 10.1. The van der Waals surface area contributed by atoms with Gasteiger partial charge in [0.15, 0.2) is 0 Å². The van der Waals surface area contributed by atoms with Crippen LogP contribution in [0.25, 0.3) is 0 Å². The minimum atomic E-state index is -0.439. The predicted octanol–water partition coefficient (Wildman–Crippen LogP) is 3.82. The summed E-state index contributed by atoms with van der Waals surface area (Å²) in [7, 11) is 1.34. The van der Waals surface area contributed by atoms with Crippen molar-refractivity contribution in [2.75, 3.05) is 26.7 Å². The number of benzene rings is 1. The van der Waals surface area contributed by atoms with Gasteiger partial charge in [0, 0.05) is 25.2 Å². The molecule has 2 aromatic rings. The summed E-state index contributed by atoms with van der Waals surface area (Å²) >= 11 is 11.9. The first-order chi connectivity index (χ1) is 14.0. The van der Waals surface area contributed by atoms with Gasteiger partial charge in [-0.2, -0.15) is 0 Å². The van der Waals surface area contributed by atoms with Gasteiger partial charge in [-0.1, -0.05) is 29.3 Å².